The SMILES string of the molecule is CC1=NC(C(=O)O)C(C)(C(=O)O)N=C1. The lowest BCUT2D eigenvalue weighted by molar-refractivity contribution is -0.150. The van der Waals surface area contributed by atoms with Gasteiger partial charge in [-0.2, -0.15) is 0 Å². The van der Waals surface area contributed by atoms with Crippen molar-refractivity contribution >= 4 is 23.9 Å². The molecule has 6 nitrogen and oxygen atoms in total. The van der Waals surface area contributed by atoms with Crippen molar-refractivity contribution < 1.29 is 19.8 Å². The minimum atomic E-state index is -1.70. The Morgan fingerprint density at radius 3 is 2.50 bits per heavy atom. The zero-order chi connectivity index (χ0) is 10.9. The van der Waals surface area contributed by atoms with Crippen LogP contribution >= 0.6 is 0 Å². The topological polar surface area (TPSA) is 99.3 Å². The van der Waals surface area contributed by atoms with Gasteiger partial charge in [0.25, 0.3) is 0 Å². The van der Waals surface area contributed by atoms with Gasteiger partial charge in [0.2, 0.25) is 0 Å². The van der Waals surface area contributed by atoms with E-state index in [1.54, 1.807) is 6.92 Å². The molecule has 0 bridgehead atoms. The van der Waals surface area contributed by atoms with Gasteiger partial charge in [0.05, 0.1) is 5.71 Å². The van der Waals surface area contributed by atoms with Crippen molar-refractivity contribution in [3.8, 4) is 0 Å². The van der Waals surface area contributed by atoms with E-state index < -0.39 is 23.5 Å². The number of hydrogen-bond donors (Lipinski definition) is 2. The quantitative estimate of drug-likeness (QED) is 0.643. The lowest BCUT2D eigenvalue weighted by Crippen LogP contribution is -2.50. The third-order valence-corrected chi connectivity index (χ3v) is 2.05. The molecule has 1 rings (SSSR count). The van der Waals surface area contributed by atoms with Gasteiger partial charge in [0.15, 0.2) is 11.6 Å². The molecule has 1 aliphatic rings. The predicted octanol–water partition coefficient (Wildman–Crippen LogP) is -0.172. The Balaban J connectivity index is 3.15. The maximum Gasteiger partial charge on any atom is 0.334 e. The highest BCUT2D eigenvalue weighted by molar-refractivity contribution is 6.31. The summed E-state index contributed by atoms with van der Waals surface area (Å²) in [6.45, 7) is 2.81. The Morgan fingerprint density at radius 2 is 2.07 bits per heavy atom. The second-order valence-corrected chi connectivity index (χ2v) is 3.22. The fourth-order valence-electron chi connectivity index (χ4n) is 1.13. The molecule has 1 aliphatic heterocycles. The van der Waals surface area contributed by atoms with Crippen LogP contribution in [0.2, 0.25) is 0 Å². The average Bonchev–Trinajstić information content (AvgIpc) is 2.08. The zero-order valence-corrected chi connectivity index (χ0v) is 7.76. The van der Waals surface area contributed by atoms with Crippen LogP contribution in [-0.2, 0) is 9.59 Å². The van der Waals surface area contributed by atoms with Crippen LogP contribution in [0, 0.1) is 0 Å². The molecule has 0 saturated carbocycles. The highest BCUT2D eigenvalue weighted by Crippen LogP contribution is 2.22. The van der Waals surface area contributed by atoms with E-state index in [0.29, 0.717) is 5.71 Å². The number of aliphatic carboxylic acids is 2. The molecule has 14 heavy (non-hydrogen) atoms. The van der Waals surface area contributed by atoms with Crippen LogP contribution in [0.4, 0.5) is 0 Å². The van der Waals surface area contributed by atoms with Crippen molar-refractivity contribution in [1.82, 2.24) is 0 Å². The molecule has 0 fully saturated rings. The van der Waals surface area contributed by atoms with Crippen molar-refractivity contribution in [1.29, 1.82) is 0 Å². The molecule has 6 heteroatoms. The Kier molecular flexibility index (Phi) is 2.37. The molecule has 2 N–H and O–H groups in total. The molecule has 0 aliphatic carbocycles. The summed E-state index contributed by atoms with van der Waals surface area (Å²) in [5.74, 6) is -2.58. The highest BCUT2D eigenvalue weighted by atomic mass is 16.4. The van der Waals surface area contributed by atoms with E-state index in [-0.39, 0.29) is 0 Å². The summed E-state index contributed by atoms with van der Waals surface area (Å²) in [7, 11) is 0. The second kappa shape index (κ2) is 3.21. The number of carbonyl (C=O) groups is 2. The van der Waals surface area contributed by atoms with E-state index in [4.69, 9.17) is 10.2 Å². The van der Waals surface area contributed by atoms with Crippen molar-refractivity contribution in [2.24, 2.45) is 9.98 Å². The fraction of sp³-hybridized carbons (Fsp3) is 0.500. The Morgan fingerprint density at radius 1 is 1.50 bits per heavy atom. The first-order valence-corrected chi connectivity index (χ1v) is 3.94. The molecule has 0 saturated heterocycles. The van der Waals surface area contributed by atoms with E-state index in [1.807, 2.05) is 0 Å². The van der Waals surface area contributed by atoms with Gasteiger partial charge in [-0.1, -0.05) is 0 Å². The van der Waals surface area contributed by atoms with Crippen molar-refractivity contribution in [2.75, 3.05) is 0 Å². The van der Waals surface area contributed by atoms with E-state index in [2.05, 4.69) is 9.98 Å². The van der Waals surface area contributed by atoms with Crippen molar-refractivity contribution in [2.45, 2.75) is 25.4 Å². The first kappa shape index (κ1) is 10.4. The van der Waals surface area contributed by atoms with Crippen molar-refractivity contribution in [3.05, 3.63) is 0 Å². The van der Waals surface area contributed by atoms with Gasteiger partial charge in [0, 0.05) is 6.21 Å². The smallest absolute Gasteiger partial charge is 0.334 e. The second-order valence-electron chi connectivity index (χ2n) is 3.22. The number of carboxylic acid groups (broad SMARTS) is 2. The largest absolute Gasteiger partial charge is 0.480 e. The van der Waals surface area contributed by atoms with Gasteiger partial charge in [0.1, 0.15) is 0 Å². The predicted molar refractivity (Wildman–Crippen MR) is 49.1 cm³/mol. The summed E-state index contributed by atoms with van der Waals surface area (Å²) >= 11 is 0. The molecule has 0 radical (unpaired) electrons. The molecule has 76 valence electrons. The lowest BCUT2D eigenvalue weighted by Gasteiger charge is -2.27. The Labute approximate surface area is 80.0 Å². The average molecular weight is 198 g/mol. The van der Waals surface area contributed by atoms with Crippen LogP contribution in [-0.4, -0.2) is 45.7 Å². The monoisotopic (exact) mass is 198 g/mol. The lowest BCUT2D eigenvalue weighted by atomic mass is 9.92. The van der Waals surface area contributed by atoms with E-state index in [1.165, 1.54) is 13.1 Å². The molecule has 0 aromatic carbocycles. The van der Waals surface area contributed by atoms with Crippen LogP contribution in [0.1, 0.15) is 13.8 Å². The van der Waals surface area contributed by atoms with Crippen LogP contribution in [0.25, 0.3) is 0 Å². The van der Waals surface area contributed by atoms with Crippen molar-refractivity contribution in [3.63, 3.8) is 0 Å². The molecule has 0 amide bonds. The third kappa shape index (κ3) is 1.50. The van der Waals surface area contributed by atoms with Gasteiger partial charge >= 0.3 is 11.9 Å². The van der Waals surface area contributed by atoms with E-state index in [0.717, 1.165) is 0 Å². The van der Waals surface area contributed by atoms with Gasteiger partial charge in [-0.15, -0.1) is 0 Å². The number of nitrogens with zero attached hydrogens (tertiary/aromatic N) is 2. The zero-order valence-electron chi connectivity index (χ0n) is 7.76. The van der Waals surface area contributed by atoms with Crippen LogP contribution in [0.15, 0.2) is 9.98 Å². The van der Waals surface area contributed by atoms with Gasteiger partial charge < -0.3 is 10.2 Å². The molecule has 2 unspecified atom stereocenters. The fourth-order valence-corrected chi connectivity index (χ4v) is 1.13. The molecule has 0 aromatic heterocycles. The maximum atomic E-state index is 10.9. The molecule has 0 spiro atoms. The molecular weight excluding hydrogens is 188 g/mol. The summed E-state index contributed by atoms with van der Waals surface area (Å²) in [5, 5.41) is 17.7. The van der Waals surface area contributed by atoms with Crippen LogP contribution in [0.3, 0.4) is 0 Å². The number of carboxylic acids is 2. The van der Waals surface area contributed by atoms with Gasteiger partial charge in [-0.05, 0) is 13.8 Å². The summed E-state index contributed by atoms with van der Waals surface area (Å²) in [5.41, 5.74) is -1.29. The molecule has 1 heterocycles. The Bertz CT molecular complexity index is 347. The number of hydrogen-bond acceptors (Lipinski definition) is 4. The number of rotatable bonds is 2. The standard InChI is InChI=1S/C8H10N2O4/c1-4-3-9-8(2,7(13)14)5(10-4)6(11)12/h3,5H,1-2H3,(H,11,12)(H,13,14). The summed E-state index contributed by atoms with van der Waals surface area (Å²) in [6, 6.07) is -1.36. The summed E-state index contributed by atoms with van der Waals surface area (Å²) in [6.07, 6.45) is 1.27. The molecular formula is C8H10N2O4. The van der Waals surface area contributed by atoms with Crippen LogP contribution in [0.5, 0.6) is 0 Å². The summed E-state index contributed by atoms with van der Waals surface area (Å²) < 4.78 is 0. The number of aliphatic imine (C=N–C) groups is 2. The van der Waals surface area contributed by atoms with Gasteiger partial charge in [-0.25, -0.2) is 9.59 Å². The van der Waals surface area contributed by atoms with E-state index >= 15 is 0 Å². The van der Waals surface area contributed by atoms with Gasteiger partial charge in [-0.3, -0.25) is 9.98 Å². The van der Waals surface area contributed by atoms with E-state index in [9.17, 15) is 9.59 Å². The maximum absolute atomic E-state index is 10.9. The highest BCUT2D eigenvalue weighted by Gasteiger charge is 2.47. The molecule has 0 aromatic rings. The summed E-state index contributed by atoms with van der Waals surface area (Å²) in [4.78, 5) is 29.1. The van der Waals surface area contributed by atoms with Crippen LogP contribution < -0.4 is 0 Å². The third-order valence-electron chi connectivity index (χ3n) is 2.05. The first-order valence-electron chi connectivity index (χ1n) is 3.94. The first-order chi connectivity index (χ1) is 6.38. The minimum Gasteiger partial charge on any atom is -0.480 e. The minimum absolute atomic E-state index is 0.413. The molecule has 2 atom stereocenters. The normalized spacial score (nSPS) is 31.0. The Hall–Kier alpha value is -1.72.